The highest BCUT2D eigenvalue weighted by Crippen LogP contribution is 2.33. The first-order valence-corrected chi connectivity index (χ1v) is 11.2. The smallest absolute Gasteiger partial charge is 0.329 e. The highest BCUT2D eigenvalue weighted by atomic mass is 19.4. The maximum atomic E-state index is 14.8. The van der Waals surface area contributed by atoms with Crippen LogP contribution in [-0.4, -0.2) is 34.8 Å². The summed E-state index contributed by atoms with van der Waals surface area (Å²) in [5.41, 5.74) is 3.23. The Balaban J connectivity index is 1.38. The van der Waals surface area contributed by atoms with E-state index in [-0.39, 0.29) is 17.8 Å². The van der Waals surface area contributed by atoms with Crippen LogP contribution in [-0.2, 0) is 12.8 Å². The van der Waals surface area contributed by atoms with Gasteiger partial charge in [-0.25, -0.2) is 19.3 Å². The van der Waals surface area contributed by atoms with Gasteiger partial charge in [-0.1, -0.05) is 36.4 Å². The fourth-order valence-corrected chi connectivity index (χ4v) is 4.18. The number of aromatic amines is 1. The van der Waals surface area contributed by atoms with Crippen LogP contribution in [0.25, 0.3) is 21.9 Å². The van der Waals surface area contributed by atoms with Gasteiger partial charge in [0.1, 0.15) is 18.2 Å². The van der Waals surface area contributed by atoms with E-state index in [2.05, 4.69) is 20.5 Å². The third-order valence-corrected chi connectivity index (χ3v) is 5.89. The normalized spacial score (nSPS) is 12.8. The first kappa shape index (κ1) is 24.2. The quantitative estimate of drug-likeness (QED) is 0.346. The highest BCUT2D eigenvalue weighted by Gasteiger charge is 2.28. The van der Waals surface area contributed by atoms with Crippen LogP contribution in [0.5, 0.6) is 0 Å². The average molecular weight is 509 g/mol. The second kappa shape index (κ2) is 9.49. The van der Waals surface area contributed by atoms with Crippen LogP contribution in [0.15, 0.2) is 70.5 Å². The predicted octanol–water partition coefficient (Wildman–Crippen LogP) is 4.77. The van der Waals surface area contributed by atoms with Gasteiger partial charge in [-0.15, -0.1) is 0 Å². The van der Waals surface area contributed by atoms with E-state index in [4.69, 9.17) is 0 Å². The molecule has 2 heterocycles. The molecule has 188 valence electrons. The molecule has 0 spiro atoms. The number of hydrogen-bond acceptors (Lipinski definition) is 4. The highest BCUT2D eigenvalue weighted by molar-refractivity contribution is 6.02. The van der Waals surface area contributed by atoms with Crippen molar-refractivity contribution in [2.24, 2.45) is 4.99 Å². The number of urea groups is 1. The summed E-state index contributed by atoms with van der Waals surface area (Å²) in [6, 6.07) is 15.9. The summed E-state index contributed by atoms with van der Waals surface area (Å²) in [5.74, 6) is -0.257. The number of hydrogen-bond donors (Lipinski definition) is 3. The Kier molecular flexibility index (Phi) is 6.20. The van der Waals surface area contributed by atoms with Crippen molar-refractivity contribution < 1.29 is 22.4 Å². The predicted molar refractivity (Wildman–Crippen MR) is 130 cm³/mol. The summed E-state index contributed by atoms with van der Waals surface area (Å²) in [7, 11) is 0. The van der Waals surface area contributed by atoms with Crippen molar-refractivity contribution >= 4 is 28.3 Å². The van der Waals surface area contributed by atoms with Crippen LogP contribution < -0.4 is 16.2 Å². The average Bonchev–Trinajstić information content (AvgIpc) is 3.27. The van der Waals surface area contributed by atoms with Gasteiger partial charge in [-0.05, 0) is 41.0 Å². The van der Waals surface area contributed by atoms with Crippen LogP contribution >= 0.6 is 0 Å². The standard InChI is InChI=1S/C26H19F4N5O2/c27-20-8-5-14(10-22-17-3-1-2-4-18(17)24(36)35-34-22)9-19(20)15-6-7-16-12-23(32-21(16)11-15)33-25(37)31-13-26(28,29)30/h1-9,11H,10,12-13H2,(H,35,36)(H2,31,32,33,37). The number of nitrogens with zero attached hydrogens (tertiary/aromatic N) is 2. The van der Waals surface area contributed by atoms with Crippen LogP contribution in [0.2, 0.25) is 0 Å². The SMILES string of the molecule is O=C(NCC(F)(F)F)NC1=Nc2cc(-c3cc(Cc4n[nH]c(=O)c5ccccc45)ccc3F)ccc2C1. The molecule has 1 aliphatic heterocycles. The molecule has 37 heavy (non-hydrogen) atoms. The van der Waals surface area contributed by atoms with Gasteiger partial charge >= 0.3 is 12.2 Å². The number of amidine groups is 1. The Hall–Kier alpha value is -4.54. The van der Waals surface area contributed by atoms with Crippen molar-refractivity contribution in [3.8, 4) is 11.1 Å². The Morgan fingerprint density at radius 3 is 2.59 bits per heavy atom. The lowest BCUT2D eigenvalue weighted by atomic mass is 9.97. The second-order valence-electron chi connectivity index (χ2n) is 8.54. The van der Waals surface area contributed by atoms with E-state index in [0.29, 0.717) is 39.7 Å². The molecule has 1 aromatic heterocycles. The minimum Gasteiger partial charge on any atom is -0.329 e. The molecule has 0 unspecified atom stereocenters. The van der Waals surface area contributed by atoms with Crippen molar-refractivity contribution in [2.45, 2.75) is 19.0 Å². The summed E-state index contributed by atoms with van der Waals surface area (Å²) >= 11 is 0. The summed E-state index contributed by atoms with van der Waals surface area (Å²) in [5, 5.41) is 12.0. The van der Waals surface area contributed by atoms with Gasteiger partial charge < -0.3 is 5.32 Å². The zero-order chi connectivity index (χ0) is 26.2. The number of alkyl halides is 3. The number of nitrogens with one attached hydrogen (secondary N) is 3. The van der Waals surface area contributed by atoms with Crippen LogP contribution in [0, 0.1) is 5.82 Å². The van der Waals surface area contributed by atoms with E-state index >= 15 is 0 Å². The third-order valence-electron chi connectivity index (χ3n) is 5.89. The lowest BCUT2D eigenvalue weighted by Gasteiger charge is -2.10. The Bertz CT molecular complexity index is 1610. The number of benzene rings is 3. The topological polar surface area (TPSA) is 99.2 Å². The number of aromatic nitrogens is 2. The van der Waals surface area contributed by atoms with Gasteiger partial charge in [-0.2, -0.15) is 18.3 Å². The number of carbonyl (C=O) groups excluding carboxylic acids is 1. The first-order chi connectivity index (χ1) is 17.7. The van der Waals surface area contributed by atoms with E-state index in [1.165, 1.54) is 6.07 Å². The fourth-order valence-electron chi connectivity index (χ4n) is 4.18. The van der Waals surface area contributed by atoms with Crippen LogP contribution in [0.1, 0.15) is 16.8 Å². The summed E-state index contributed by atoms with van der Waals surface area (Å²) in [4.78, 5) is 28.1. The van der Waals surface area contributed by atoms with Gasteiger partial charge in [0.05, 0.1) is 16.8 Å². The van der Waals surface area contributed by atoms with E-state index in [9.17, 15) is 27.2 Å². The number of aliphatic imine (C=N–C) groups is 1. The van der Waals surface area contributed by atoms with Crippen LogP contribution in [0.4, 0.5) is 28.0 Å². The summed E-state index contributed by atoms with van der Waals surface area (Å²) in [6.07, 6.45) is -3.94. The maximum absolute atomic E-state index is 14.8. The molecule has 0 atom stereocenters. The van der Waals surface area contributed by atoms with Crippen LogP contribution in [0.3, 0.4) is 0 Å². The number of rotatable bonds is 4. The maximum Gasteiger partial charge on any atom is 0.405 e. The van der Waals surface area contributed by atoms with Gasteiger partial charge in [0.25, 0.3) is 5.56 Å². The molecule has 4 aromatic rings. The number of carbonyl (C=O) groups is 1. The van der Waals surface area contributed by atoms with Gasteiger partial charge in [-0.3, -0.25) is 10.1 Å². The molecule has 0 aliphatic carbocycles. The minimum absolute atomic E-state index is 0.192. The van der Waals surface area contributed by atoms with E-state index < -0.39 is 24.6 Å². The number of H-pyrrole nitrogens is 1. The van der Waals surface area contributed by atoms with E-state index in [1.54, 1.807) is 47.8 Å². The summed E-state index contributed by atoms with van der Waals surface area (Å²) in [6.45, 7) is -1.46. The fraction of sp³-hybridized carbons (Fsp3) is 0.154. The molecule has 3 N–H and O–H groups in total. The molecule has 11 heteroatoms. The van der Waals surface area contributed by atoms with Gasteiger partial charge in [0.15, 0.2) is 0 Å². The van der Waals surface area contributed by atoms with Crippen molar-refractivity contribution in [3.63, 3.8) is 0 Å². The van der Waals surface area contributed by atoms with E-state index in [0.717, 1.165) is 11.1 Å². The monoisotopic (exact) mass is 509 g/mol. The first-order valence-electron chi connectivity index (χ1n) is 11.2. The van der Waals surface area contributed by atoms with Gasteiger partial charge in [0.2, 0.25) is 0 Å². The number of amides is 2. The molecular formula is C26H19F4N5O2. The molecule has 0 bridgehead atoms. The Labute approximate surface area is 207 Å². The van der Waals surface area contributed by atoms with Crippen molar-refractivity contribution in [1.29, 1.82) is 0 Å². The zero-order valence-corrected chi connectivity index (χ0v) is 19.1. The van der Waals surface area contributed by atoms with Crippen molar-refractivity contribution in [3.05, 3.63) is 93.7 Å². The number of fused-ring (bicyclic) bond motifs is 2. The zero-order valence-electron chi connectivity index (χ0n) is 19.1. The van der Waals surface area contributed by atoms with Gasteiger partial charge in [0, 0.05) is 23.8 Å². The molecule has 3 aromatic carbocycles. The molecule has 0 saturated heterocycles. The number of halogens is 4. The molecule has 1 aliphatic rings. The molecule has 0 saturated carbocycles. The van der Waals surface area contributed by atoms with Crippen molar-refractivity contribution in [2.75, 3.05) is 6.54 Å². The molecule has 0 radical (unpaired) electrons. The molecular weight excluding hydrogens is 490 g/mol. The molecule has 0 fully saturated rings. The largest absolute Gasteiger partial charge is 0.405 e. The Morgan fingerprint density at radius 2 is 1.81 bits per heavy atom. The third kappa shape index (κ3) is 5.35. The molecule has 2 amide bonds. The minimum atomic E-state index is -4.52. The molecule has 7 nitrogen and oxygen atoms in total. The van der Waals surface area contributed by atoms with E-state index in [1.807, 2.05) is 12.1 Å². The lowest BCUT2D eigenvalue weighted by Crippen LogP contribution is -2.43. The lowest BCUT2D eigenvalue weighted by molar-refractivity contribution is -0.122. The molecule has 5 rings (SSSR count). The van der Waals surface area contributed by atoms with Crippen molar-refractivity contribution in [1.82, 2.24) is 20.8 Å². The summed E-state index contributed by atoms with van der Waals surface area (Å²) < 4.78 is 51.7. The second-order valence-corrected chi connectivity index (χ2v) is 8.54. The Morgan fingerprint density at radius 1 is 1.03 bits per heavy atom.